The molecule has 0 radical (unpaired) electrons. The maximum absolute atomic E-state index is 12.5. The molecule has 0 unspecified atom stereocenters. The highest BCUT2D eigenvalue weighted by Crippen LogP contribution is 2.23. The van der Waals surface area contributed by atoms with Crippen LogP contribution in [-0.4, -0.2) is 33.7 Å². The Bertz CT molecular complexity index is 1080. The monoisotopic (exact) mass is 380 g/mol. The molecule has 0 aliphatic carbocycles. The smallest absolute Gasteiger partial charge is 0.263 e. The zero-order valence-corrected chi connectivity index (χ0v) is 16.0. The molecule has 27 heavy (non-hydrogen) atoms. The van der Waals surface area contributed by atoms with E-state index in [1.807, 2.05) is 60.4 Å². The molecular formula is C20H20N4O2S. The number of benzene rings is 1. The molecule has 1 amide bonds. The topological polar surface area (TPSA) is 61.1 Å². The van der Waals surface area contributed by atoms with Crippen LogP contribution in [0.4, 0.5) is 0 Å². The van der Waals surface area contributed by atoms with E-state index in [1.54, 1.807) is 7.11 Å². The third kappa shape index (κ3) is 3.46. The Morgan fingerprint density at radius 2 is 2.04 bits per heavy atom. The van der Waals surface area contributed by atoms with E-state index in [1.165, 1.54) is 11.3 Å². The Morgan fingerprint density at radius 1 is 1.22 bits per heavy atom. The van der Waals surface area contributed by atoms with E-state index in [0.717, 1.165) is 27.5 Å². The fraction of sp³-hybridized carbons (Fsp3) is 0.200. The van der Waals surface area contributed by atoms with Gasteiger partial charge < -0.3 is 19.2 Å². The van der Waals surface area contributed by atoms with Crippen LogP contribution in [0.5, 0.6) is 5.75 Å². The Hall–Kier alpha value is -3.06. The number of hydrogen-bond acceptors (Lipinski definition) is 4. The Kier molecular flexibility index (Phi) is 4.68. The summed E-state index contributed by atoms with van der Waals surface area (Å²) >= 11 is 1.40. The summed E-state index contributed by atoms with van der Waals surface area (Å²) in [5.41, 5.74) is 1.87. The van der Waals surface area contributed by atoms with Crippen LogP contribution in [0, 0.1) is 6.92 Å². The number of amides is 1. The van der Waals surface area contributed by atoms with Crippen LogP contribution >= 0.6 is 11.3 Å². The molecule has 4 aromatic rings. The molecule has 3 aromatic heterocycles. The second-order valence-electron chi connectivity index (χ2n) is 6.19. The van der Waals surface area contributed by atoms with E-state index in [0.29, 0.717) is 18.0 Å². The summed E-state index contributed by atoms with van der Waals surface area (Å²) in [4.78, 5) is 17.7. The lowest BCUT2D eigenvalue weighted by atomic mass is 10.2. The summed E-state index contributed by atoms with van der Waals surface area (Å²) in [5, 5.41) is 4.92. The van der Waals surface area contributed by atoms with Crippen molar-refractivity contribution >= 4 is 28.1 Å². The van der Waals surface area contributed by atoms with Gasteiger partial charge >= 0.3 is 0 Å². The predicted octanol–water partition coefficient (Wildman–Crippen LogP) is 3.64. The molecule has 6 nitrogen and oxygen atoms in total. The standard InChI is InChI=1S/C20H20N4O2S/c1-14-18(27-20(22-14)24-9-3-4-10-24)19(25)21-8-12-23-11-7-15-13-16(26-2)5-6-17(15)23/h3-7,9-11,13H,8,12H2,1-2H3,(H,21,25). The summed E-state index contributed by atoms with van der Waals surface area (Å²) < 4.78 is 9.30. The summed E-state index contributed by atoms with van der Waals surface area (Å²) in [7, 11) is 1.66. The SMILES string of the molecule is COc1ccc2c(ccn2CCNC(=O)c2sc(-n3cccc3)nc2C)c1. The largest absolute Gasteiger partial charge is 0.497 e. The van der Waals surface area contributed by atoms with E-state index in [-0.39, 0.29) is 5.91 Å². The molecule has 0 aliphatic heterocycles. The highest BCUT2D eigenvalue weighted by molar-refractivity contribution is 7.16. The number of nitrogens with one attached hydrogen (secondary N) is 1. The van der Waals surface area contributed by atoms with E-state index in [9.17, 15) is 4.79 Å². The van der Waals surface area contributed by atoms with Crippen molar-refractivity contribution in [3.05, 3.63) is 65.6 Å². The minimum Gasteiger partial charge on any atom is -0.497 e. The van der Waals surface area contributed by atoms with Gasteiger partial charge in [0.05, 0.1) is 12.8 Å². The van der Waals surface area contributed by atoms with Crippen LogP contribution in [0.2, 0.25) is 0 Å². The number of ether oxygens (including phenoxy) is 1. The van der Waals surface area contributed by atoms with E-state index in [4.69, 9.17) is 4.74 Å². The van der Waals surface area contributed by atoms with Gasteiger partial charge in [0.15, 0.2) is 5.13 Å². The number of aryl methyl sites for hydroxylation is 1. The summed E-state index contributed by atoms with van der Waals surface area (Å²) in [6, 6.07) is 11.9. The van der Waals surface area contributed by atoms with Crippen LogP contribution in [0.15, 0.2) is 55.0 Å². The molecule has 7 heteroatoms. The molecule has 0 fully saturated rings. The highest BCUT2D eigenvalue weighted by atomic mass is 32.1. The molecular weight excluding hydrogens is 360 g/mol. The van der Waals surface area contributed by atoms with Crippen molar-refractivity contribution in [3.8, 4) is 10.9 Å². The molecule has 3 heterocycles. The number of fused-ring (bicyclic) bond motifs is 1. The van der Waals surface area contributed by atoms with Crippen LogP contribution in [0.25, 0.3) is 16.0 Å². The lowest BCUT2D eigenvalue weighted by Crippen LogP contribution is -2.26. The van der Waals surface area contributed by atoms with Crippen LogP contribution < -0.4 is 10.1 Å². The third-order valence-corrected chi connectivity index (χ3v) is 5.60. The van der Waals surface area contributed by atoms with Crippen molar-refractivity contribution < 1.29 is 9.53 Å². The number of thiazole rings is 1. The second kappa shape index (κ2) is 7.28. The molecule has 1 N–H and O–H groups in total. The van der Waals surface area contributed by atoms with Gasteiger partial charge in [-0.25, -0.2) is 4.98 Å². The fourth-order valence-corrected chi connectivity index (χ4v) is 3.99. The number of carbonyl (C=O) groups excluding carboxylic acids is 1. The number of hydrogen-bond donors (Lipinski definition) is 1. The molecule has 0 bridgehead atoms. The van der Waals surface area contributed by atoms with Gasteiger partial charge in [-0.05, 0) is 43.3 Å². The maximum Gasteiger partial charge on any atom is 0.263 e. The number of rotatable bonds is 6. The van der Waals surface area contributed by atoms with Crippen molar-refractivity contribution in [2.45, 2.75) is 13.5 Å². The summed E-state index contributed by atoms with van der Waals surface area (Å²) in [6.07, 6.45) is 5.87. The molecule has 0 saturated carbocycles. The van der Waals surface area contributed by atoms with Gasteiger partial charge in [-0.15, -0.1) is 0 Å². The molecule has 0 spiro atoms. The van der Waals surface area contributed by atoms with Gasteiger partial charge in [-0.1, -0.05) is 11.3 Å². The normalized spacial score (nSPS) is 11.0. The van der Waals surface area contributed by atoms with Crippen LogP contribution in [-0.2, 0) is 6.54 Å². The van der Waals surface area contributed by atoms with Gasteiger partial charge in [0.2, 0.25) is 0 Å². The zero-order chi connectivity index (χ0) is 18.8. The van der Waals surface area contributed by atoms with Crippen molar-refractivity contribution in [3.63, 3.8) is 0 Å². The average Bonchev–Trinajstić information content (AvgIpc) is 3.41. The van der Waals surface area contributed by atoms with E-state index in [2.05, 4.69) is 20.9 Å². The van der Waals surface area contributed by atoms with E-state index < -0.39 is 0 Å². The molecule has 4 rings (SSSR count). The summed E-state index contributed by atoms with van der Waals surface area (Å²) in [5.74, 6) is 0.759. The average molecular weight is 380 g/mol. The molecule has 1 aromatic carbocycles. The first-order chi connectivity index (χ1) is 13.2. The van der Waals surface area contributed by atoms with Gasteiger partial charge in [-0.3, -0.25) is 4.79 Å². The van der Waals surface area contributed by atoms with Crippen molar-refractivity contribution in [1.29, 1.82) is 0 Å². The van der Waals surface area contributed by atoms with E-state index >= 15 is 0 Å². The lowest BCUT2D eigenvalue weighted by molar-refractivity contribution is 0.0955. The second-order valence-corrected chi connectivity index (χ2v) is 7.17. The Morgan fingerprint density at radius 3 is 2.81 bits per heavy atom. The Labute approximate surface area is 161 Å². The van der Waals surface area contributed by atoms with Crippen molar-refractivity contribution in [1.82, 2.24) is 19.4 Å². The quantitative estimate of drug-likeness (QED) is 0.556. The van der Waals surface area contributed by atoms with Crippen LogP contribution in [0.3, 0.4) is 0 Å². The first kappa shape index (κ1) is 17.4. The zero-order valence-electron chi connectivity index (χ0n) is 15.2. The Balaban J connectivity index is 1.41. The third-order valence-electron chi connectivity index (χ3n) is 4.43. The minimum absolute atomic E-state index is 0.0819. The lowest BCUT2D eigenvalue weighted by Gasteiger charge is -2.07. The molecule has 0 saturated heterocycles. The van der Waals surface area contributed by atoms with Gasteiger partial charge in [0, 0.05) is 42.6 Å². The number of nitrogens with zero attached hydrogens (tertiary/aromatic N) is 3. The predicted molar refractivity (Wildman–Crippen MR) is 107 cm³/mol. The van der Waals surface area contributed by atoms with Crippen LogP contribution in [0.1, 0.15) is 15.4 Å². The number of aromatic nitrogens is 3. The molecule has 138 valence electrons. The van der Waals surface area contributed by atoms with Gasteiger partial charge in [0.25, 0.3) is 5.91 Å². The first-order valence-corrected chi connectivity index (χ1v) is 9.49. The minimum atomic E-state index is -0.0819. The maximum atomic E-state index is 12.5. The fourth-order valence-electron chi connectivity index (χ4n) is 3.04. The number of carbonyl (C=O) groups is 1. The van der Waals surface area contributed by atoms with Gasteiger partial charge in [-0.2, -0.15) is 0 Å². The van der Waals surface area contributed by atoms with Gasteiger partial charge in [0.1, 0.15) is 10.6 Å². The first-order valence-electron chi connectivity index (χ1n) is 8.67. The van der Waals surface area contributed by atoms with Crippen molar-refractivity contribution in [2.24, 2.45) is 0 Å². The van der Waals surface area contributed by atoms with Crippen molar-refractivity contribution in [2.75, 3.05) is 13.7 Å². The molecule has 0 atom stereocenters. The number of methoxy groups -OCH3 is 1. The molecule has 0 aliphatic rings. The highest BCUT2D eigenvalue weighted by Gasteiger charge is 2.15. The summed E-state index contributed by atoms with van der Waals surface area (Å²) in [6.45, 7) is 3.11.